The van der Waals surface area contributed by atoms with Crippen molar-refractivity contribution in [2.75, 3.05) is 9.80 Å². The number of aryl methyl sites for hydroxylation is 2. The molecule has 0 atom stereocenters. The molecule has 0 heterocycles. The first-order valence-corrected chi connectivity index (χ1v) is 44.2. The Labute approximate surface area is 736 Å². The van der Waals surface area contributed by atoms with E-state index in [0.29, 0.717) is 0 Å². The molecule has 7 heteroatoms. The molecule has 5 aliphatic rings. The fourth-order valence-corrected chi connectivity index (χ4v) is 23.5. The van der Waals surface area contributed by atoms with Crippen LogP contribution >= 0.6 is 69.0 Å². The van der Waals surface area contributed by atoms with Gasteiger partial charge in [0.05, 0.1) is 0 Å². The van der Waals surface area contributed by atoms with E-state index in [0.717, 1.165) is 42.8 Å². The van der Waals surface area contributed by atoms with Crippen LogP contribution in [0.1, 0.15) is 136 Å². The second kappa shape index (κ2) is 27.8. The smallest absolute Gasteiger partial charge is 0.0468 e. The van der Waals surface area contributed by atoms with Gasteiger partial charge >= 0.3 is 0 Å². The Hall–Kier alpha value is -11.0. The van der Waals surface area contributed by atoms with Gasteiger partial charge < -0.3 is 9.80 Å². The molecule has 23 rings (SSSR count). The largest absolute Gasteiger partial charge is 0.310 e. The van der Waals surface area contributed by atoms with Gasteiger partial charge in [0.1, 0.15) is 0 Å². The number of hydrogen-bond donors (Lipinski definition) is 0. The molecule has 18 aromatic carbocycles. The maximum absolute atomic E-state index is 6.37. The van der Waals surface area contributed by atoms with E-state index >= 15 is 0 Å². The highest BCUT2D eigenvalue weighted by Gasteiger charge is 2.42. The Balaban J connectivity index is 0.000000139. The molecule has 0 spiro atoms. The lowest BCUT2D eigenvalue weighted by Gasteiger charge is -2.38. The summed E-state index contributed by atoms with van der Waals surface area (Å²) in [6.07, 6.45) is 0. The van der Waals surface area contributed by atoms with E-state index in [2.05, 4.69) is 401 Å². The molecule has 0 aromatic heterocycles. The average molecular weight is 1740 g/mol. The fraction of sp³-hybridized carbons (Fsp3) is 0.150. The standard InChI is InChI=1S/C66H54N2.C24H18Cl2.C23H15Cl2I/c1-41-48-33-29-44(67(42-19-10-8-11-20-42)45-30-34-51-49-23-14-16-26-56(49)64(2,3)59(51)38-45)37-55(48)53-25-18-28-58-63(53)62(41)54-36-32-47(40-61(54)66(58,6)7)68(43-21-12-9-13-22-43)46-31-35-52-50-24-15-17-27-57(50)65(4,5)60(52)39-46;1-13-16-9-7-14(25)11-19(16)17-5-4-6-20-23(17)22(13)18-10-8-15(26)12-21(18)24(20,2)3;1-23(2)18-5-3-4-14-17-10-12(24)6-8-15(17)22(26)21(20(14)18)16-9-7-13(25)11-19(16)23/h8-40H,1-7H3;4-12H,1-3H3;3-11H,1-2H3. The van der Waals surface area contributed by atoms with Gasteiger partial charge in [-0.05, 0) is 339 Å². The summed E-state index contributed by atoms with van der Waals surface area (Å²) in [4.78, 5) is 4.91. The molecule has 0 radical (unpaired) electrons. The van der Waals surface area contributed by atoms with Gasteiger partial charge in [-0.3, -0.25) is 0 Å². The molecule has 0 saturated carbocycles. The first kappa shape index (κ1) is 76.4. The van der Waals surface area contributed by atoms with Crippen molar-refractivity contribution in [3.05, 3.63) is 400 Å². The van der Waals surface area contributed by atoms with E-state index in [1.807, 2.05) is 24.3 Å². The lowest BCUT2D eigenvalue weighted by molar-refractivity contribution is 0.645. The van der Waals surface area contributed by atoms with Crippen LogP contribution < -0.4 is 9.80 Å². The second-order valence-electron chi connectivity index (χ2n) is 36.1. The van der Waals surface area contributed by atoms with E-state index < -0.39 is 0 Å². The Bertz CT molecular complexity index is 7280. The van der Waals surface area contributed by atoms with Gasteiger partial charge in [-0.2, -0.15) is 0 Å². The van der Waals surface area contributed by atoms with Crippen molar-refractivity contribution in [1.29, 1.82) is 0 Å². The number of anilines is 6. The maximum Gasteiger partial charge on any atom is 0.0468 e. The molecular formula is C113H87Cl4IN2. The first-order chi connectivity index (χ1) is 57.7. The van der Waals surface area contributed by atoms with Crippen LogP contribution in [0.2, 0.25) is 20.1 Å². The summed E-state index contributed by atoms with van der Waals surface area (Å²) in [7, 11) is 0. The molecule has 5 aliphatic carbocycles. The minimum absolute atomic E-state index is 0.0998. The van der Waals surface area contributed by atoms with E-state index in [-0.39, 0.29) is 27.1 Å². The van der Waals surface area contributed by atoms with Gasteiger partial charge in [0, 0.05) is 90.4 Å². The number of halogens is 5. The van der Waals surface area contributed by atoms with Crippen molar-refractivity contribution in [3.63, 3.8) is 0 Å². The monoisotopic (exact) mass is 1740 g/mol. The zero-order chi connectivity index (χ0) is 82.7. The van der Waals surface area contributed by atoms with Crippen molar-refractivity contribution in [2.45, 2.75) is 110 Å². The molecule has 2 nitrogen and oxygen atoms in total. The Morgan fingerprint density at radius 2 is 0.492 bits per heavy atom. The lowest BCUT2D eigenvalue weighted by Crippen LogP contribution is -2.25. The lowest BCUT2D eigenvalue weighted by atomic mass is 9.67. The molecule has 0 N–H and O–H groups in total. The molecule has 0 amide bonds. The second-order valence-corrected chi connectivity index (χ2v) is 38.9. The summed E-state index contributed by atoms with van der Waals surface area (Å²) in [6, 6.07) is 114. The first-order valence-electron chi connectivity index (χ1n) is 41.6. The highest BCUT2D eigenvalue weighted by molar-refractivity contribution is 14.1. The average Bonchev–Trinajstić information content (AvgIpc) is 1.09. The Morgan fingerprint density at radius 3 is 0.933 bits per heavy atom. The highest BCUT2D eigenvalue weighted by atomic mass is 127. The summed E-state index contributed by atoms with van der Waals surface area (Å²) in [5, 5.41) is 18.5. The normalized spacial score (nSPS) is 14.9. The zero-order valence-corrected chi connectivity index (χ0v) is 74.4. The van der Waals surface area contributed by atoms with E-state index in [4.69, 9.17) is 46.4 Å². The van der Waals surface area contributed by atoms with E-state index in [1.165, 1.54) is 202 Å². The number of fused-ring (bicyclic) bond motifs is 18. The summed E-state index contributed by atoms with van der Waals surface area (Å²) in [6.45, 7) is 28.0. The van der Waals surface area contributed by atoms with Crippen LogP contribution in [0.25, 0.3) is 120 Å². The summed E-state index contributed by atoms with van der Waals surface area (Å²) in [5.74, 6) is 0. The molecule has 0 aliphatic heterocycles. The van der Waals surface area contributed by atoms with Gasteiger partial charge in [-0.15, -0.1) is 0 Å². The predicted octanol–water partition coefficient (Wildman–Crippen LogP) is 34.3. The molecule has 120 heavy (non-hydrogen) atoms. The number of para-hydroxylation sites is 2. The van der Waals surface area contributed by atoms with Crippen LogP contribution in [0, 0.1) is 17.4 Å². The summed E-state index contributed by atoms with van der Waals surface area (Å²) >= 11 is 27.9. The summed E-state index contributed by atoms with van der Waals surface area (Å²) < 4.78 is 1.27. The predicted molar refractivity (Wildman–Crippen MR) is 524 cm³/mol. The van der Waals surface area contributed by atoms with Gasteiger partial charge in [0.25, 0.3) is 0 Å². The number of rotatable bonds is 6. The third-order valence-electron chi connectivity index (χ3n) is 27.8. The minimum atomic E-state index is -0.273. The minimum Gasteiger partial charge on any atom is -0.310 e. The number of benzene rings is 18. The molecular weight excluding hydrogens is 1650 g/mol. The highest BCUT2D eigenvalue weighted by Crippen LogP contribution is 2.60. The van der Waals surface area contributed by atoms with Crippen LogP contribution in [0.3, 0.4) is 0 Å². The van der Waals surface area contributed by atoms with Crippen LogP contribution in [0.4, 0.5) is 34.1 Å². The van der Waals surface area contributed by atoms with Crippen LogP contribution in [-0.4, -0.2) is 0 Å². The third kappa shape index (κ3) is 11.4. The SMILES string of the molecule is CC1(C)c2cc(Cl)ccc2-c2c(I)c3ccc(Cl)cc3c3cccc1c23.Cc1c2c3c(cccc3c3cc(Cl)ccc13)C(C)(C)c1cc(Cl)ccc1-2.Cc1c2c3c(cccc3c3cc(N(c4ccccc4)c4ccc5c(c4)C(C)(C)c4ccccc4-5)ccc13)C(C)(C)c1cc(N(c3ccccc3)c3ccc4c(c3)C(C)(C)c3ccccc3-4)ccc1-2. The van der Waals surface area contributed by atoms with Crippen LogP contribution in [0.5, 0.6) is 0 Å². The van der Waals surface area contributed by atoms with Gasteiger partial charge in [0.15, 0.2) is 0 Å². The van der Waals surface area contributed by atoms with E-state index in [1.54, 1.807) is 0 Å². The van der Waals surface area contributed by atoms with Crippen molar-refractivity contribution >= 4 is 168 Å². The third-order valence-corrected chi connectivity index (χ3v) is 29.9. The Kier molecular flexibility index (Phi) is 17.7. The molecule has 18 aromatic rings. The molecule has 0 bridgehead atoms. The van der Waals surface area contributed by atoms with Gasteiger partial charge in [-0.1, -0.05) is 304 Å². The molecule has 0 saturated heterocycles. The maximum atomic E-state index is 6.37. The van der Waals surface area contributed by atoms with Gasteiger partial charge in [0.2, 0.25) is 0 Å². The molecule has 584 valence electrons. The van der Waals surface area contributed by atoms with Crippen LogP contribution in [-0.2, 0) is 27.1 Å². The summed E-state index contributed by atoms with van der Waals surface area (Å²) in [5.41, 5.74) is 35.6. The topological polar surface area (TPSA) is 6.48 Å². The van der Waals surface area contributed by atoms with Crippen LogP contribution in [0.15, 0.2) is 309 Å². The van der Waals surface area contributed by atoms with Crippen molar-refractivity contribution in [3.8, 4) is 55.6 Å². The number of hydrogen-bond acceptors (Lipinski definition) is 2. The van der Waals surface area contributed by atoms with Crippen molar-refractivity contribution in [1.82, 2.24) is 0 Å². The number of nitrogens with zero attached hydrogens (tertiary/aromatic N) is 2. The van der Waals surface area contributed by atoms with Crippen molar-refractivity contribution in [2.24, 2.45) is 0 Å². The van der Waals surface area contributed by atoms with E-state index in [9.17, 15) is 0 Å². The quantitative estimate of drug-likeness (QED) is 0.121. The zero-order valence-electron chi connectivity index (χ0n) is 69.2. The van der Waals surface area contributed by atoms with Gasteiger partial charge in [-0.25, -0.2) is 0 Å². The fourth-order valence-electron chi connectivity index (χ4n) is 21.8. The Morgan fingerprint density at radius 1 is 0.208 bits per heavy atom. The molecule has 0 unspecified atom stereocenters. The molecule has 0 fully saturated rings. The van der Waals surface area contributed by atoms with Crippen molar-refractivity contribution < 1.29 is 0 Å².